The Balaban J connectivity index is 2.21. The number of nitrogens with two attached hydrogens (primary N) is 2. The lowest BCUT2D eigenvalue weighted by Crippen LogP contribution is -2.43. The highest BCUT2D eigenvalue weighted by molar-refractivity contribution is 6.01. The zero-order chi connectivity index (χ0) is 15.4. The summed E-state index contributed by atoms with van der Waals surface area (Å²) < 4.78 is 13.8. The maximum atomic E-state index is 13.8. The third-order valence-corrected chi connectivity index (χ3v) is 2.88. The molecule has 112 valence electrons. The molecular weight excluding hydrogens is 277 g/mol. The predicted molar refractivity (Wildman–Crippen MR) is 74.4 cm³/mol. The first kappa shape index (κ1) is 14.8. The van der Waals surface area contributed by atoms with Crippen molar-refractivity contribution in [3.05, 3.63) is 41.3 Å². The number of halogens is 1. The minimum Gasteiger partial charge on any atom is -0.370 e. The van der Waals surface area contributed by atoms with Crippen molar-refractivity contribution in [3.63, 3.8) is 0 Å². The number of carbonyl (C=O) groups excluding carboxylic acids is 2. The molecule has 21 heavy (non-hydrogen) atoms. The van der Waals surface area contributed by atoms with Gasteiger partial charge in [0.2, 0.25) is 5.91 Å². The van der Waals surface area contributed by atoms with Crippen molar-refractivity contribution in [1.82, 2.24) is 16.0 Å². The number of amides is 2. The molecule has 1 aromatic carbocycles. The van der Waals surface area contributed by atoms with Crippen LogP contribution in [0.3, 0.4) is 0 Å². The van der Waals surface area contributed by atoms with Gasteiger partial charge in [0.15, 0.2) is 6.29 Å². The van der Waals surface area contributed by atoms with Crippen LogP contribution in [0, 0.1) is 5.82 Å². The lowest BCUT2D eigenvalue weighted by Gasteiger charge is -2.08. The largest absolute Gasteiger partial charge is 0.370 e. The number of rotatable bonds is 5. The number of primary amides is 1. The van der Waals surface area contributed by atoms with E-state index in [1.807, 2.05) is 0 Å². The smallest absolute Gasteiger partial charge is 0.269 e. The summed E-state index contributed by atoms with van der Waals surface area (Å²) in [5, 5.41) is 8.03. The second-order valence-corrected chi connectivity index (χ2v) is 4.47. The molecule has 0 aromatic heterocycles. The molecule has 0 saturated heterocycles. The highest BCUT2D eigenvalue weighted by Gasteiger charge is 2.27. The molecule has 0 fully saturated rings. The highest BCUT2D eigenvalue weighted by atomic mass is 19.1. The summed E-state index contributed by atoms with van der Waals surface area (Å²) in [6.45, 7) is 0.0964. The summed E-state index contributed by atoms with van der Waals surface area (Å²) >= 11 is 0. The molecule has 0 aliphatic carbocycles. The molecule has 1 aliphatic rings. The van der Waals surface area contributed by atoms with Gasteiger partial charge in [-0.3, -0.25) is 15.3 Å². The van der Waals surface area contributed by atoms with E-state index in [9.17, 15) is 14.0 Å². The average molecular weight is 293 g/mol. The van der Waals surface area contributed by atoms with E-state index in [-0.39, 0.29) is 29.9 Å². The van der Waals surface area contributed by atoms with Crippen LogP contribution in [-0.4, -0.2) is 24.6 Å². The fraction of sp³-hybridized carbons (Fsp3) is 0.231. The first-order valence-corrected chi connectivity index (χ1v) is 6.33. The molecule has 1 atom stereocenters. The van der Waals surface area contributed by atoms with Crippen LogP contribution < -0.4 is 27.4 Å². The molecule has 0 bridgehead atoms. The number of nitrogens with one attached hydrogen (secondary N) is 3. The molecule has 1 aromatic rings. The number of benzene rings is 1. The van der Waals surface area contributed by atoms with E-state index in [1.54, 1.807) is 12.1 Å². The predicted octanol–water partition coefficient (Wildman–Crippen LogP) is -1.08. The third-order valence-electron chi connectivity index (χ3n) is 2.88. The Morgan fingerprint density at radius 2 is 2.00 bits per heavy atom. The summed E-state index contributed by atoms with van der Waals surface area (Å²) in [6, 6.07) is 6.03. The van der Waals surface area contributed by atoms with Gasteiger partial charge in [0, 0.05) is 18.5 Å². The SMILES string of the molecule is NC(=O)CCNC(=O)C1=C(c2ccccc2F)NC(N)N1. The molecule has 1 aliphatic heterocycles. The minimum atomic E-state index is -0.698. The molecule has 8 heteroatoms. The Kier molecular flexibility index (Phi) is 4.39. The van der Waals surface area contributed by atoms with E-state index in [2.05, 4.69) is 16.0 Å². The average Bonchev–Trinajstić information content (AvgIpc) is 2.80. The van der Waals surface area contributed by atoms with Gasteiger partial charge in [0.25, 0.3) is 5.91 Å². The van der Waals surface area contributed by atoms with Crippen molar-refractivity contribution in [2.24, 2.45) is 11.5 Å². The molecular formula is C13H16FN5O2. The van der Waals surface area contributed by atoms with E-state index in [4.69, 9.17) is 11.5 Å². The normalized spacial score (nSPS) is 17.1. The fourth-order valence-electron chi connectivity index (χ4n) is 1.93. The van der Waals surface area contributed by atoms with Crippen LogP contribution >= 0.6 is 0 Å². The van der Waals surface area contributed by atoms with E-state index in [1.165, 1.54) is 12.1 Å². The van der Waals surface area contributed by atoms with Gasteiger partial charge in [-0.15, -0.1) is 0 Å². The van der Waals surface area contributed by atoms with Crippen molar-refractivity contribution in [1.29, 1.82) is 0 Å². The Hall–Kier alpha value is -2.61. The summed E-state index contributed by atoms with van der Waals surface area (Å²) in [5.74, 6) is -1.49. The van der Waals surface area contributed by atoms with Crippen molar-refractivity contribution in [3.8, 4) is 0 Å². The number of hydrogen-bond acceptors (Lipinski definition) is 5. The minimum absolute atomic E-state index is 0.0214. The van der Waals surface area contributed by atoms with Crippen LogP contribution in [0.5, 0.6) is 0 Å². The first-order valence-electron chi connectivity index (χ1n) is 6.33. The van der Waals surface area contributed by atoms with Gasteiger partial charge in [-0.05, 0) is 12.1 Å². The molecule has 1 unspecified atom stereocenters. The Morgan fingerprint density at radius 1 is 1.29 bits per heavy atom. The van der Waals surface area contributed by atoms with Crippen molar-refractivity contribution >= 4 is 17.5 Å². The Bertz CT molecular complexity index is 602. The van der Waals surface area contributed by atoms with E-state index >= 15 is 0 Å². The zero-order valence-electron chi connectivity index (χ0n) is 11.2. The van der Waals surface area contributed by atoms with Crippen LogP contribution in [0.4, 0.5) is 4.39 Å². The highest BCUT2D eigenvalue weighted by Crippen LogP contribution is 2.21. The second kappa shape index (κ2) is 6.23. The van der Waals surface area contributed by atoms with Crippen LogP contribution in [0.2, 0.25) is 0 Å². The van der Waals surface area contributed by atoms with Gasteiger partial charge in [-0.1, -0.05) is 12.1 Å². The van der Waals surface area contributed by atoms with Gasteiger partial charge < -0.3 is 21.7 Å². The Labute approximate surface area is 120 Å². The lowest BCUT2D eigenvalue weighted by atomic mass is 10.1. The summed E-state index contributed by atoms with van der Waals surface area (Å²) in [4.78, 5) is 22.7. The fourth-order valence-corrected chi connectivity index (χ4v) is 1.93. The van der Waals surface area contributed by atoms with Gasteiger partial charge in [-0.25, -0.2) is 4.39 Å². The molecule has 0 spiro atoms. The molecule has 1 heterocycles. The van der Waals surface area contributed by atoms with Gasteiger partial charge >= 0.3 is 0 Å². The number of carbonyl (C=O) groups is 2. The van der Waals surface area contributed by atoms with E-state index in [0.29, 0.717) is 0 Å². The molecule has 2 rings (SSSR count). The third kappa shape index (κ3) is 3.48. The maximum Gasteiger partial charge on any atom is 0.269 e. The maximum absolute atomic E-state index is 13.8. The van der Waals surface area contributed by atoms with Gasteiger partial charge in [-0.2, -0.15) is 0 Å². The van der Waals surface area contributed by atoms with Gasteiger partial charge in [0.1, 0.15) is 11.5 Å². The monoisotopic (exact) mass is 293 g/mol. The van der Waals surface area contributed by atoms with E-state index < -0.39 is 23.9 Å². The molecule has 7 N–H and O–H groups in total. The van der Waals surface area contributed by atoms with Crippen LogP contribution in [-0.2, 0) is 9.59 Å². The van der Waals surface area contributed by atoms with Crippen LogP contribution in [0.25, 0.3) is 5.70 Å². The quantitative estimate of drug-likeness (QED) is 0.473. The summed E-state index contributed by atoms with van der Waals surface area (Å²) in [7, 11) is 0. The summed E-state index contributed by atoms with van der Waals surface area (Å²) in [6.07, 6.45) is -0.676. The number of hydrogen-bond donors (Lipinski definition) is 5. The van der Waals surface area contributed by atoms with Crippen molar-refractivity contribution < 1.29 is 14.0 Å². The first-order chi connectivity index (χ1) is 9.99. The zero-order valence-corrected chi connectivity index (χ0v) is 11.2. The van der Waals surface area contributed by atoms with Crippen LogP contribution in [0.1, 0.15) is 12.0 Å². The Morgan fingerprint density at radius 3 is 2.67 bits per heavy atom. The topological polar surface area (TPSA) is 122 Å². The van der Waals surface area contributed by atoms with Gasteiger partial charge in [0.05, 0.1) is 5.70 Å². The second-order valence-electron chi connectivity index (χ2n) is 4.47. The summed E-state index contributed by atoms with van der Waals surface area (Å²) in [5.41, 5.74) is 11.3. The molecule has 0 radical (unpaired) electrons. The standard InChI is InChI=1S/C13H16FN5O2/c14-8-4-2-1-3-7(8)10-11(19-13(16)18-10)12(21)17-6-5-9(15)20/h1-4,13,18-19H,5-6,16H2,(H2,15,20)(H,17,21). The molecule has 7 nitrogen and oxygen atoms in total. The van der Waals surface area contributed by atoms with Crippen molar-refractivity contribution in [2.45, 2.75) is 12.7 Å². The lowest BCUT2D eigenvalue weighted by molar-refractivity contribution is -0.119. The molecule has 2 amide bonds. The molecule has 0 saturated carbocycles. The van der Waals surface area contributed by atoms with Crippen molar-refractivity contribution in [2.75, 3.05) is 6.54 Å². The van der Waals surface area contributed by atoms with E-state index in [0.717, 1.165) is 0 Å². The van der Waals surface area contributed by atoms with Crippen LogP contribution in [0.15, 0.2) is 30.0 Å².